The van der Waals surface area contributed by atoms with E-state index in [0.717, 1.165) is 45.5 Å². The third kappa shape index (κ3) is 3.24. The van der Waals surface area contributed by atoms with Gasteiger partial charge in [-0.25, -0.2) is 14.5 Å². The van der Waals surface area contributed by atoms with Gasteiger partial charge in [0, 0.05) is 42.0 Å². The van der Waals surface area contributed by atoms with Gasteiger partial charge >= 0.3 is 0 Å². The fourth-order valence-corrected chi connectivity index (χ4v) is 5.74. The molecule has 1 fully saturated rings. The van der Waals surface area contributed by atoms with E-state index in [-0.39, 0.29) is 5.54 Å². The van der Waals surface area contributed by atoms with E-state index in [1.807, 2.05) is 4.52 Å². The molecule has 1 saturated heterocycles. The van der Waals surface area contributed by atoms with Gasteiger partial charge in [-0.2, -0.15) is 5.10 Å². The molecule has 4 aromatic rings. The molecule has 0 aliphatic carbocycles. The van der Waals surface area contributed by atoms with Gasteiger partial charge in [0.1, 0.15) is 16.7 Å². The number of pyridine rings is 1. The van der Waals surface area contributed by atoms with E-state index in [2.05, 4.69) is 79.9 Å². The molecule has 8 heteroatoms. The third-order valence-electron chi connectivity index (χ3n) is 6.57. The molecular weight excluding hydrogens is 406 g/mol. The molecule has 4 aromatic heterocycles. The standard InChI is InChI=1S/C23H31N7S/c1-12(2)17-18(16-9-30-20(24-11-26-30)15(5)14(16)4)27-21-19(17)28-22(31-21)29-10-23(6,7)25-8-13(29)3/h9,11-13,25,27H,8,10H2,1-7H3/t13-/m0/s1. The first-order chi connectivity index (χ1) is 14.7. The number of hydrogen-bond donors (Lipinski definition) is 2. The predicted octanol–water partition coefficient (Wildman–Crippen LogP) is 4.65. The number of piperazine rings is 1. The largest absolute Gasteiger partial charge is 0.344 e. The Bertz CT molecular complexity index is 1280. The van der Waals surface area contributed by atoms with Crippen molar-refractivity contribution in [2.24, 2.45) is 0 Å². The molecular formula is C23H31N7S. The normalized spacial score (nSPS) is 19.2. The third-order valence-corrected chi connectivity index (χ3v) is 7.58. The number of aromatic amines is 1. The maximum absolute atomic E-state index is 5.17. The van der Waals surface area contributed by atoms with Crippen molar-refractivity contribution in [1.29, 1.82) is 0 Å². The zero-order valence-electron chi connectivity index (χ0n) is 19.4. The van der Waals surface area contributed by atoms with Crippen LogP contribution in [-0.2, 0) is 0 Å². The van der Waals surface area contributed by atoms with E-state index in [0.29, 0.717) is 12.0 Å². The summed E-state index contributed by atoms with van der Waals surface area (Å²) in [6.07, 6.45) is 3.71. The lowest BCUT2D eigenvalue weighted by atomic mass is 9.96. The van der Waals surface area contributed by atoms with Crippen LogP contribution >= 0.6 is 11.3 Å². The number of anilines is 1. The van der Waals surface area contributed by atoms with E-state index in [1.54, 1.807) is 17.7 Å². The second kappa shape index (κ2) is 7.03. The molecule has 0 unspecified atom stereocenters. The number of hydrogen-bond acceptors (Lipinski definition) is 6. The van der Waals surface area contributed by atoms with Crippen LogP contribution in [0.3, 0.4) is 0 Å². The summed E-state index contributed by atoms with van der Waals surface area (Å²) in [5.41, 5.74) is 8.09. The monoisotopic (exact) mass is 437 g/mol. The first-order valence-electron chi connectivity index (χ1n) is 11.0. The summed E-state index contributed by atoms with van der Waals surface area (Å²) >= 11 is 1.77. The summed E-state index contributed by atoms with van der Waals surface area (Å²) in [7, 11) is 0. The molecule has 1 aliphatic rings. The minimum absolute atomic E-state index is 0.0831. The first-order valence-corrected chi connectivity index (χ1v) is 11.8. The number of rotatable bonds is 3. The summed E-state index contributed by atoms with van der Waals surface area (Å²) in [4.78, 5) is 16.9. The summed E-state index contributed by atoms with van der Waals surface area (Å²) in [6, 6.07) is 0.421. The van der Waals surface area contributed by atoms with Gasteiger partial charge in [-0.3, -0.25) is 0 Å². The van der Waals surface area contributed by atoms with Crippen molar-refractivity contribution < 1.29 is 0 Å². The van der Waals surface area contributed by atoms with Crippen molar-refractivity contribution in [2.45, 2.75) is 66.0 Å². The fourth-order valence-electron chi connectivity index (χ4n) is 4.65. The Morgan fingerprint density at radius 2 is 2.00 bits per heavy atom. The predicted molar refractivity (Wildman–Crippen MR) is 128 cm³/mol. The molecule has 5 rings (SSSR count). The van der Waals surface area contributed by atoms with Crippen molar-refractivity contribution in [3.8, 4) is 11.3 Å². The molecule has 0 bridgehead atoms. The second-order valence-electron chi connectivity index (χ2n) is 9.81. The van der Waals surface area contributed by atoms with Gasteiger partial charge in [-0.1, -0.05) is 25.2 Å². The molecule has 0 radical (unpaired) electrons. The average molecular weight is 438 g/mol. The van der Waals surface area contributed by atoms with Crippen LogP contribution in [0.1, 0.15) is 57.2 Å². The Balaban J connectivity index is 1.66. The van der Waals surface area contributed by atoms with Crippen molar-refractivity contribution in [1.82, 2.24) is 29.9 Å². The topological polar surface area (TPSA) is 74.1 Å². The molecule has 1 aliphatic heterocycles. The summed E-state index contributed by atoms with van der Waals surface area (Å²) in [5.74, 6) is 0.349. The number of thiazole rings is 1. The van der Waals surface area contributed by atoms with Crippen LogP contribution in [0.4, 0.5) is 5.13 Å². The number of nitrogens with zero attached hydrogens (tertiary/aromatic N) is 5. The van der Waals surface area contributed by atoms with Gasteiger partial charge in [0.25, 0.3) is 0 Å². The highest BCUT2D eigenvalue weighted by Gasteiger charge is 2.33. The average Bonchev–Trinajstić information content (AvgIpc) is 3.40. The number of fused-ring (bicyclic) bond motifs is 2. The Morgan fingerprint density at radius 1 is 1.23 bits per heavy atom. The number of H-pyrrole nitrogens is 1. The highest BCUT2D eigenvalue weighted by atomic mass is 32.1. The Kier molecular flexibility index (Phi) is 4.64. The van der Waals surface area contributed by atoms with Crippen LogP contribution in [0.2, 0.25) is 0 Å². The molecule has 164 valence electrons. The fraction of sp³-hybridized carbons (Fsp3) is 0.522. The molecule has 0 saturated carbocycles. The Labute approximate surface area is 186 Å². The quantitative estimate of drug-likeness (QED) is 0.488. The summed E-state index contributed by atoms with van der Waals surface area (Å²) in [5, 5.41) is 9.13. The van der Waals surface area contributed by atoms with E-state index >= 15 is 0 Å². The maximum Gasteiger partial charge on any atom is 0.188 e. The number of nitrogens with one attached hydrogen (secondary N) is 2. The van der Waals surface area contributed by atoms with Crippen molar-refractivity contribution in [2.75, 3.05) is 18.0 Å². The molecule has 31 heavy (non-hydrogen) atoms. The molecule has 0 spiro atoms. The van der Waals surface area contributed by atoms with Crippen LogP contribution in [0.15, 0.2) is 12.5 Å². The number of aromatic nitrogens is 5. The lowest BCUT2D eigenvalue weighted by molar-refractivity contribution is 0.318. The van der Waals surface area contributed by atoms with Gasteiger partial charge in [-0.05, 0) is 51.7 Å². The molecule has 0 amide bonds. The zero-order valence-corrected chi connectivity index (χ0v) is 20.2. The minimum atomic E-state index is 0.0831. The first kappa shape index (κ1) is 20.5. The Hall–Kier alpha value is -2.45. The molecule has 1 atom stereocenters. The van der Waals surface area contributed by atoms with Crippen LogP contribution in [0.5, 0.6) is 0 Å². The van der Waals surface area contributed by atoms with Crippen molar-refractivity contribution >= 4 is 32.5 Å². The van der Waals surface area contributed by atoms with E-state index in [4.69, 9.17) is 4.98 Å². The highest BCUT2D eigenvalue weighted by molar-refractivity contribution is 7.21. The van der Waals surface area contributed by atoms with Crippen LogP contribution in [0, 0.1) is 13.8 Å². The Morgan fingerprint density at radius 3 is 2.74 bits per heavy atom. The van der Waals surface area contributed by atoms with Crippen LogP contribution < -0.4 is 10.2 Å². The lowest BCUT2D eigenvalue weighted by Gasteiger charge is -2.43. The zero-order chi connectivity index (χ0) is 22.1. The van der Waals surface area contributed by atoms with E-state index < -0.39 is 0 Å². The summed E-state index contributed by atoms with van der Waals surface area (Å²) in [6.45, 7) is 17.5. The number of aryl methyl sites for hydroxylation is 1. The van der Waals surface area contributed by atoms with Crippen molar-refractivity contribution in [3.05, 3.63) is 29.2 Å². The van der Waals surface area contributed by atoms with Gasteiger partial charge in [0.2, 0.25) is 0 Å². The van der Waals surface area contributed by atoms with Gasteiger partial charge in [-0.15, -0.1) is 0 Å². The highest BCUT2D eigenvalue weighted by Crippen LogP contribution is 2.41. The van der Waals surface area contributed by atoms with Gasteiger partial charge in [0.15, 0.2) is 10.8 Å². The molecule has 5 heterocycles. The minimum Gasteiger partial charge on any atom is -0.344 e. The lowest BCUT2D eigenvalue weighted by Crippen LogP contribution is -2.61. The second-order valence-corrected chi connectivity index (χ2v) is 10.8. The maximum atomic E-state index is 5.17. The van der Waals surface area contributed by atoms with E-state index in [1.165, 1.54) is 16.7 Å². The van der Waals surface area contributed by atoms with Gasteiger partial charge < -0.3 is 15.2 Å². The molecule has 2 N–H and O–H groups in total. The molecule has 7 nitrogen and oxygen atoms in total. The smallest absolute Gasteiger partial charge is 0.188 e. The van der Waals surface area contributed by atoms with E-state index in [9.17, 15) is 0 Å². The van der Waals surface area contributed by atoms with Gasteiger partial charge in [0.05, 0.1) is 5.69 Å². The van der Waals surface area contributed by atoms with Crippen molar-refractivity contribution in [3.63, 3.8) is 0 Å². The van der Waals surface area contributed by atoms with Crippen LogP contribution in [-0.4, -0.2) is 49.2 Å². The SMILES string of the molecule is Cc1c(-c2[nH]c3sc(N4CC(C)(C)NC[C@@H]4C)nc3c2C(C)C)cn2ncnc2c1C. The van der Waals surface area contributed by atoms with Crippen LogP contribution in [0.25, 0.3) is 27.3 Å². The molecule has 0 aromatic carbocycles. The summed E-state index contributed by atoms with van der Waals surface area (Å²) < 4.78 is 1.88.